The highest BCUT2D eigenvalue weighted by Gasteiger charge is 2.64. The van der Waals surface area contributed by atoms with Gasteiger partial charge in [0.15, 0.2) is 6.23 Å². The molecule has 3 heterocycles. The Labute approximate surface area is 136 Å². The maximum Gasteiger partial charge on any atom is 0.330 e. The van der Waals surface area contributed by atoms with Crippen molar-refractivity contribution in [2.24, 2.45) is 0 Å². The van der Waals surface area contributed by atoms with Gasteiger partial charge in [-0.25, -0.2) is 4.79 Å². The van der Waals surface area contributed by atoms with Crippen LogP contribution in [0.1, 0.15) is 11.8 Å². The first-order valence-corrected chi connectivity index (χ1v) is 9.28. The number of hydrogen-bond acceptors (Lipinski definition) is 7. The van der Waals surface area contributed by atoms with E-state index in [0.717, 1.165) is 6.66 Å². The molecule has 2 N–H and O–H groups in total. The molecule has 2 unspecified atom stereocenters. The molecule has 11 heteroatoms. The molecule has 0 radical (unpaired) electrons. The molecule has 1 aromatic rings. The number of methoxy groups -OCH3 is 1. The van der Waals surface area contributed by atoms with Crippen molar-refractivity contribution in [2.45, 2.75) is 31.0 Å². The van der Waals surface area contributed by atoms with E-state index >= 15 is 0 Å². The molecule has 2 aliphatic rings. The summed E-state index contributed by atoms with van der Waals surface area (Å²) in [6, 6.07) is 0. The van der Waals surface area contributed by atoms with E-state index < -0.39 is 42.9 Å². The molecule has 2 aliphatic heterocycles. The van der Waals surface area contributed by atoms with Crippen molar-refractivity contribution in [3.8, 4) is 0 Å². The van der Waals surface area contributed by atoms with Crippen LogP contribution >= 0.6 is 7.60 Å². The number of ether oxygens (including phenoxy) is 3. The highest BCUT2D eigenvalue weighted by molar-refractivity contribution is 7.51. The van der Waals surface area contributed by atoms with Crippen LogP contribution in [0.5, 0.6) is 0 Å². The van der Waals surface area contributed by atoms with Crippen molar-refractivity contribution < 1.29 is 28.2 Å². The van der Waals surface area contributed by atoms with Crippen molar-refractivity contribution in [3.05, 3.63) is 32.6 Å². The fraction of sp³-hybridized carbons (Fsp3) is 0.692. The molecule has 0 saturated carbocycles. The van der Waals surface area contributed by atoms with Crippen LogP contribution < -0.4 is 11.2 Å². The molecule has 10 nitrogen and oxygen atoms in total. The van der Waals surface area contributed by atoms with Crippen LogP contribution in [0.4, 0.5) is 0 Å². The second-order valence-electron chi connectivity index (χ2n) is 6.09. The summed E-state index contributed by atoms with van der Waals surface area (Å²) in [6.45, 7) is 2.78. The highest BCUT2D eigenvalue weighted by atomic mass is 31.2. The van der Waals surface area contributed by atoms with Crippen LogP contribution in [0.25, 0.3) is 0 Å². The first-order valence-electron chi connectivity index (χ1n) is 7.26. The van der Waals surface area contributed by atoms with Gasteiger partial charge >= 0.3 is 13.3 Å². The Bertz CT molecular complexity index is 798. The lowest BCUT2D eigenvalue weighted by Crippen LogP contribution is -2.46. The molecule has 3 rings (SSSR count). The number of aryl methyl sites for hydroxylation is 1. The molecule has 1 aromatic heterocycles. The molecule has 0 amide bonds. The summed E-state index contributed by atoms with van der Waals surface area (Å²) < 4.78 is 34.9. The van der Waals surface area contributed by atoms with Gasteiger partial charge in [-0.2, -0.15) is 0 Å². The molecular weight excluding hydrogens is 343 g/mol. The number of hydrogen-bond donors (Lipinski definition) is 2. The van der Waals surface area contributed by atoms with E-state index in [4.69, 9.17) is 18.7 Å². The van der Waals surface area contributed by atoms with Crippen molar-refractivity contribution >= 4 is 7.60 Å². The van der Waals surface area contributed by atoms with E-state index in [2.05, 4.69) is 4.98 Å². The average molecular weight is 362 g/mol. The topological polar surface area (TPSA) is 129 Å². The van der Waals surface area contributed by atoms with Crippen LogP contribution in [0.3, 0.4) is 0 Å². The lowest BCUT2D eigenvalue weighted by molar-refractivity contribution is -0.190. The maximum absolute atomic E-state index is 12.1. The Hall–Kier alpha value is -1.29. The van der Waals surface area contributed by atoms with Crippen molar-refractivity contribution in [3.63, 3.8) is 0 Å². The lowest BCUT2D eigenvalue weighted by Gasteiger charge is -2.31. The maximum atomic E-state index is 12.1. The number of aromatic nitrogens is 2. The van der Waals surface area contributed by atoms with Gasteiger partial charge in [-0.1, -0.05) is 0 Å². The normalized spacial score (nSPS) is 34.4. The predicted molar refractivity (Wildman–Crippen MR) is 81.2 cm³/mol. The number of nitrogens with one attached hydrogen (secondary N) is 1. The quantitative estimate of drug-likeness (QED) is 0.662. The zero-order valence-electron chi connectivity index (χ0n) is 13.4. The Morgan fingerprint density at radius 3 is 2.88 bits per heavy atom. The van der Waals surface area contributed by atoms with E-state index in [1.54, 1.807) is 6.92 Å². The molecule has 2 fully saturated rings. The van der Waals surface area contributed by atoms with Crippen LogP contribution in [0.2, 0.25) is 0 Å². The highest BCUT2D eigenvalue weighted by Crippen LogP contribution is 2.52. The second kappa shape index (κ2) is 5.91. The average Bonchev–Trinajstić information content (AvgIpc) is 2.93. The molecule has 0 aromatic carbocycles. The minimum absolute atomic E-state index is 0.0573. The Morgan fingerprint density at radius 1 is 1.54 bits per heavy atom. The van der Waals surface area contributed by atoms with Gasteiger partial charge in [-0.3, -0.25) is 23.4 Å². The smallest absolute Gasteiger partial charge is 0.330 e. The van der Waals surface area contributed by atoms with E-state index in [9.17, 15) is 19.0 Å². The van der Waals surface area contributed by atoms with E-state index in [1.807, 2.05) is 0 Å². The van der Waals surface area contributed by atoms with Gasteiger partial charge in [0, 0.05) is 25.5 Å². The monoisotopic (exact) mass is 362 g/mol. The van der Waals surface area contributed by atoms with Crippen molar-refractivity contribution in [2.75, 3.05) is 27.0 Å². The molecular formula is C13H19N2O8P. The Balaban J connectivity index is 2.01. The molecule has 0 spiro atoms. The molecule has 24 heavy (non-hydrogen) atoms. The summed E-state index contributed by atoms with van der Waals surface area (Å²) in [5.74, 6) is 0. The number of rotatable bonds is 5. The Morgan fingerprint density at radius 2 is 2.25 bits per heavy atom. The summed E-state index contributed by atoms with van der Waals surface area (Å²) in [5, 5.41) is 0. The zero-order valence-corrected chi connectivity index (χ0v) is 14.3. The lowest BCUT2D eigenvalue weighted by atomic mass is 10.0. The first kappa shape index (κ1) is 17.5. The molecule has 2 bridgehead atoms. The largest absolute Gasteiger partial charge is 0.381 e. The number of nitrogens with zero attached hydrogens (tertiary/aromatic N) is 1. The molecule has 2 saturated heterocycles. The molecule has 5 atom stereocenters. The summed E-state index contributed by atoms with van der Waals surface area (Å²) in [6.07, 6.45) is -1.22. The minimum Gasteiger partial charge on any atom is -0.381 e. The van der Waals surface area contributed by atoms with E-state index in [1.165, 1.54) is 17.9 Å². The summed E-state index contributed by atoms with van der Waals surface area (Å²) >= 11 is 0. The first-order chi connectivity index (χ1) is 11.2. The van der Waals surface area contributed by atoms with Crippen LogP contribution in [-0.2, 0) is 23.3 Å². The fourth-order valence-electron chi connectivity index (χ4n) is 3.11. The Kier molecular flexibility index (Phi) is 4.31. The third-order valence-corrected chi connectivity index (χ3v) is 4.71. The summed E-state index contributed by atoms with van der Waals surface area (Å²) in [5.41, 5.74) is -1.94. The predicted octanol–water partition coefficient (Wildman–Crippen LogP) is -0.642. The SMILES string of the molecule is COC[C@]12CO[C@@H](C1OP(C)(=O)O)[C@H](n1cc(C)c(=O)[nH]c1=O)O2. The van der Waals surface area contributed by atoms with Gasteiger partial charge in [0.25, 0.3) is 5.56 Å². The van der Waals surface area contributed by atoms with E-state index in [0.29, 0.717) is 5.56 Å². The minimum atomic E-state index is -3.82. The van der Waals surface area contributed by atoms with Crippen molar-refractivity contribution in [1.82, 2.24) is 9.55 Å². The fourth-order valence-corrected chi connectivity index (χ4v) is 3.84. The van der Waals surface area contributed by atoms with Gasteiger partial charge < -0.3 is 19.1 Å². The number of H-pyrrole nitrogens is 1. The van der Waals surface area contributed by atoms with Crippen molar-refractivity contribution in [1.29, 1.82) is 0 Å². The summed E-state index contributed by atoms with van der Waals surface area (Å²) in [4.78, 5) is 35.4. The van der Waals surface area contributed by atoms with Crippen LogP contribution in [0, 0.1) is 6.92 Å². The second-order valence-corrected chi connectivity index (χ2v) is 7.91. The standard InChI is InChI=1S/C13H19N2O8P/c1-7-4-15(12(17)14-10(7)16)11-8-9(23-24(3,18)19)13(22-11,5-20-2)6-21-8/h4,8-9,11H,5-6H2,1-3H3,(H,18,19)(H,14,16,17)/t8-,9?,11+,13-/m0/s1. The number of aromatic amines is 1. The van der Waals surface area contributed by atoms with Crippen LogP contribution in [-0.4, -0.2) is 59.2 Å². The molecule has 134 valence electrons. The zero-order chi connectivity index (χ0) is 17.7. The van der Waals surface area contributed by atoms with Crippen LogP contribution in [0.15, 0.2) is 15.8 Å². The summed E-state index contributed by atoms with van der Waals surface area (Å²) in [7, 11) is -2.37. The third-order valence-electron chi connectivity index (χ3n) is 4.09. The third kappa shape index (κ3) is 2.90. The van der Waals surface area contributed by atoms with Gasteiger partial charge in [0.05, 0.1) is 13.2 Å². The molecule has 0 aliphatic carbocycles. The van der Waals surface area contributed by atoms with Gasteiger partial charge in [-0.15, -0.1) is 0 Å². The number of fused-ring (bicyclic) bond motifs is 2. The van der Waals surface area contributed by atoms with E-state index in [-0.39, 0.29) is 13.2 Å². The van der Waals surface area contributed by atoms with Gasteiger partial charge in [0.1, 0.15) is 17.8 Å². The van der Waals surface area contributed by atoms with Gasteiger partial charge in [0.2, 0.25) is 0 Å². The van der Waals surface area contributed by atoms with Gasteiger partial charge in [-0.05, 0) is 6.92 Å².